The van der Waals surface area contributed by atoms with Gasteiger partial charge in [0.1, 0.15) is 5.82 Å². The molecule has 0 aliphatic carbocycles. The molecule has 0 aliphatic rings. The molecule has 110 valence electrons. The van der Waals surface area contributed by atoms with Gasteiger partial charge in [-0.1, -0.05) is 17.7 Å². The van der Waals surface area contributed by atoms with Gasteiger partial charge in [-0.15, -0.1) is 0 Å². The lowest BCUT2D eigenvalue weighted by Crippen LogP contribution is -2.12. The molecule has 2 rings (SSSR count). The van der Waals surface area contributed by atoms with Crippen molar-refractivity contribution in [2.45, 2.75) is 13.3 Å². The van der Waals surface area contributed by atoms with E-state index in [4.69, 9.17) is 5.11 Å². The van der Waals surface area contributed by atoms with Crippen LogP contribution in [0.3, 0.4) is 0 Å². The molecule has 0 aliphatic heterocycles. The second-order valence-corrected chi connectivity index (χ2v) is 4.76. The molecule has 21 heavy (non-hydrogen) atoms. The molecule has 1 amide bonds. The first-order valence-corrected chi connectivity index (χ1v) is 6.88. The van der Waals surface area contributed by atoms with Gasteiger partial charge in [-0.2, -0.15) is 0 Å². The average Bonchev–Trinajstić information content (AvgIpc) is 2.49. The molecule has 0 radical (unpaired) electrons. The van der Waals surface area contributed by atoms with E-state index >= 15 is 0 Å². The number of carbonyl (C=O) groups excluding carboxylic acids is 1. The molecule has 0 saturated carbocycles. The highest BCUT2D eigenvalue weighted by Crippen LogP contribution is 2.12. The van der Waals surface area contributed by atoms with Crippen molar-refractivity contribution in [2.24, 2.45) is 0 Å². The van der Waals surface area contributed by atoms with E-state index in [0.717, 1.165) is 11.4 Å². The van der Waals surface area contributed by atoms with Crippen molar-refractivity contribution in [3.8, 4) is 0 Å². The summed E-state index contributed by atoms with van der Waals surface area (Å²) in [4.78, 5) is 16.3. The molecular weight excluding hydrogens is 266 g/mol. The van der Waals surface area contributed by atoms with Crippen LogP contribution >= 0.6 is 0 Å². The number of hydrogen-bond acceptors (Lipinski definition) is 4. The number of aromatic nitrogens is 1. The highest BCUT2D eigenvalue weighted by Gasteiger charge is 2.06. The molecule has 1 heterocycles. The molecule has 3 N–H and O–H groups in total. The monoisotopic (exact) mass is 285 g/mol. The minimum atomic E-state index is -0.151. The molecular formula is C16H19N3O2. The van der Waals surface area contributed by atoms with Gasteiger partial charge in [-0.25, -0.2) is 4.98 Å². The van der Waals surface area contributed by atoms with E-state index in [1.54, 1.807) is 24.4 Å². The molecule has 0 spiro atoms. The lowest BCUT2D eigenvalue weighted by atomic mass is 10.1. The zero-order valence-electron chi connectivity index (χ0n) is 12.0. The van der Waals surface area contributed by atoms with Crippen molar-refractivity contribution in [2.75, 3.05) is 23.8 Å². The van der Waals surface area contributed by atoms with E-state index in [9.17, 15) is 4.79 Å². The summed E-state index contributed by atoms with van der Waals surface area (Å²) >= 11 is 0. The van der Waals surface area contributed by atoms with Crippen LogP contribution in [0.5, 0.6) is 0 Å². The van der Waals surface area contributed by atoms with Gasteiger partial charge in [-0.05, 0) is 37.6 Å². The van der Waals surface area contributed by atoms with E-state index in [0.29, 0.717) is 24.2 Å². The smallest absolute Gasteiger partial charge is 0.255 e. The number of benzene rings is 1. The zero-order valence-corrected chi connectivity index (χ0v) is 12.0. The summed E-state index contributed by atoms with van der Waals surface area (Å²) in [7, 11) is 0. The van der Waals surface area contributed by atoms with Gasteiger partial charge in [0.15, 0.2) is 0 Å². The number of rotatable bonds is 6. The van der Waals surface area contributed by atoms with E-state index in [1.807, 2.05) is 25.1 Å². The van der Waals surface area contributed by atoms with Crippen LogP contribution in [-0.4, -0.2) is 29.1 Å². The molecule has 2 aromatic rings. The predicted octanol–water partition coefficient (Wildman–Crippen LogP) is 2.44. The first-order chi connectivity index (χ1) is 10.2. The second kappa shape index (κ2) is 7.40. The Hall–Kier alpha value is -2.40. The maximum atomic E-state index is 12.1. The average molecular weight is 285 g/mol. The highest BCUT2D eigenvalue weighted by atomic mass is 16.3. The quantitative estimate of drug-likeness (QED) is 0.713. The standard InChI is InChI=1S/C16H19N3O2/c1-12-4-2-5-13(10-12)16(21)19-14-6-7-15(18-11-14)17-8-3-9-20/h2,4-7,10-11,20H,3,8-9H2,1H3,(H,17,18)(H,19,21). The van der Waals surface area contributed by atoms with Crippen molar-refractivity contribution in [1.29, 1.82) is 0 Å². The molecule has 0 saturated heterocycles. The number of aliphatic hydroxyl groups excluding tert-OH is 1. The summed E-state index contributed by atoms with van der Waals surface area (Å²) in [6, 6.07) is 11.0. The summed E-state index contributed by atoms with van der Waals surface area (Å²) in [5, 5.41) is 14.6. The fraction of sp³-hybridized carbons (Fsp3) is 0.250. The number of pyridine rings is 1. The summed E-state index contributed by atoms with van der Waals surface area (Å²) in [5.41, 5.74) is 2.32. The van der Waals surface area contributed by atoms with Gasteiger partial charge >= 0.3 is 0 Å². The minimum absolute atomic E-state index is 0.150. The lowest BCUT2D eigenvalue weighted by molar-refractivity contribution is 0.102. The van der Waals surface area contributed by atoms with Crippen molar-refractivity contribution in [3.05, 3.63) is 53.7 Å². The summed E-state index contributed by atoms with van der Waals surface area (Å²) in [6.07, 6.45) is 2.28. The van der Waals surface area contributed by atoms with Crippen LogP contribution in [-0.2, 0) is 0 Å². The second-order valence-electron chi connectivity index (χ2n) is 4.76. The third-order valence-electron chi connectivity index (χ3n) is 2.94. The van der Waals surface area contributed by atoms with Crippen LogP contribution in [0.2, 0.25) is 0 Å². The topological polar surface area (TPSA) is 74.2 Å². The van der Waals surface area contributed by atoms with Crippen molar-refractivity contribution in [3.63, 3.8) is 0 Å². The van der Waals surface area contributed by atoms with E-state index in [2.05, 4.69) is 15.6 Å². The van der Waals surface area contributed by atoms with Gasteiger partial charge in [0.2, 0.25) is 0 Å². The van der Waals surface area contributed by atoms with Crippen LogP contribution in [0.15, 0.2) is 42.6 Å². The summed E-state index contributed by atoms with van der Waals surface area (Å²) in [5.74, 6) is 0.568. The fourth-order valence-electron chi connectivity index (χ4n) is 1.86. The van der Waals surface area contributed by atoms with E-state index in [1.165, 1.54) is 0 Å². The summed E-state index contributed by atoms with van der Waals surface area (Å²) < 4.78 is 0. The molecule has 5 nitrogen and oxygen atoms in total. The lowest BCUT2D eigenvalue weighted by Gasteiger charge is -2.07. The molecule has 0 fully saturated rings. The molecule has 0 unspecified atom stereocenters. The third kappa shape index (κ3) is 4.57. The van der Waals surface area contributed by atoms with Gasteiger partial charge < -0.3 is 15.7 Å². The molecule has 1 aromatic heterocycles. The molecule has 1 aromatic carbocycles. The zero-order chi connectivity index (χ0) is 15.1. The molecule has 5 heteroatoms. The van der Waals surface area contributed by atoms with Crippen molar-refractivity contribution >= 4 is 17.4 Å². The number of carbonyl (C=O) groups is 1. The van der Waals surface area contributed by atoms with Crippen molar-refractivity contribution < 1.29 is 9.90 Å². The first-order valence-electron chi connectivity index (χ1n) is 6.88. The number of aliphatic hydroxyl groups is 1. The Morgan fingerprint density at radius 3 is 2.81 bits per heavy atom. The van der Waals surface area contributed by atoms with E-state index < -0.39 is 0 Å². The Kier molecular flexibility index (Phi) is 5.29. The van der Waals surface area contributed by atoms with Crippen LogP contribution in [0.4, 0.5) is 11.5 Å². The number of nitrogens with one attached hydrogen (secondary N) is 2. The number of aryl methyl sites for hydroxylation is 1. The summed E-state index contributed by atoms with van der Waals surface area (Å²) in [6.45, 7) is 2.77. The predicted molar refractivity (Wildman–Crippen MR) is 83.6 cm³/mol. The molecule has 0 atom stereocenters. The number of anilines is 2. The SMILES string of the molecule is Cc1cccc(C(=O)Nc2ccc(NCCCO)nc2)c1. The number of hydrogen-bond donors (Lipinski definition) is 3. The third-order valence-corrected chi connectivity index (χ3v) is 2.94. The molecule has 0 bridgehead atoms. The van der Waals surface area contributed by atoms with E-state index in [-0.39, 0.29) is 12.5 Å². The number of nitrogens with zero attached hydrogens (tertiary/aromatic N) is 1. The minimum Gasteiger partial charge on any atom is -0.396 e. The Morgan fingerprint density at radius 2 is 2.14 bits per heavy atom. The Balaban J connectivity index is 1.95. The normalized spacial score (nSPS) is 10.2. The first kappa shape index (κ1) is 15.0. The van der Waals surface area contributed by atoms with Gasteiger partial charge in [0.25, 0.3) is 5.91 Å². The number of amides is 1. The van der Waals surface area contributed by atoms with Crippen molar-refractivity contribution in [1.82, 2.24) is 4.98 Å². The van der Waals surface area contributed by atoms with Crippen LogP contribution < -0.4 is 10.6 Å². The maximum Gasteiger partial charge on any atom is 0.255 e. The highest BCUT2D eigenvalue weighted by molar-refractivity contribution is 6.04. The largest absolute Gasteiger partial charge is 0.396 e. The van der Waals surface area contributed by atoms with Crippen LogP contribution in [0.25, 0.3) is 0 Å². The Labute approximate surface area is 124 Å². The van der Waals surface area contributed by atoms with Gasteiger partial charge in [0.05, 0.1) is 11.9 Å². The van der Waals surface area contributed by atoms with Gasteiger partial charge in [-0.3, -0.25) is 4.79 Å². The van der Waals surface area contributed by atoms with Crippen LogP contribution in [0, 0.1) is 6.92 Å². The Bertz CT molecular complexity index is 597. The Morgan fingerprint density at radius 1 is 1.29 bits per heavy atom. The maximum absolute atomic E-state index is 12.1. The van der Waals surface area contributed by atoms with Gasteiger partial charge in [0, 0.05) is 18.7 Å². The fourth-order valence-corrected chi connectivity index (χ4v) is 1.86. The van der Waals surface area contributed by atoms with Crippen LogP contribution in [0.1, 0.15) is 22.3 Å².